The Morgan fingerprint density at radius 2 is 2.06 bits per heavy atom. The summed E-state index contributed by atoms with van der Waals surface area (Å²) in [5, 5.41) is 0. The maximum Gasteiger partial charge on any atom is 0.319 e. The summed E-state index contributed by atoms with van der Waals surface area (Å²) in [6, 6.07) is 0.208. The normalized spacial score (nSPS) is 21.7. The van der Waals surface area contributed by atoms with Gasteiger partial charge in [-0.05, 0) is 32.1 Å². The minimum Gasteiger partial charge on any atom is -0.328 e. The first-order chi connectivity index (χ1) is 7.69. The summed E-state index contributed by atoms with van der Waals surface area (Å²) >= 11 is 0. The monoisotopic (exact) mass is 226 g/mol. The van der Waals surface area contributed by atoms with E-state index in [4.69, 9.17) is 0 Å². The van der Waals surface area contributed by atoms with Gasteiger partial charge in [-0.2, -0.15) is 0 Å². The van der Waals surface area contributed by atoms with E-state index in [2.05, 4.69) is 6.92 Å². The third-order valence-corrected chi connectivity index (χ3v) is 3.62. The molecule has 1 fully saturated rings. The molecule has 94 valence electrons. The summed E-state index contributed by atoms with van der Waals surface area (Å²) in [5.74, 6) is 0.842. The van der Waals surface area contributed by atoms with E-state index < -0.39 is 0 Å². The molecule has 3 heteroatoms. The number of amides is 2. The van der Waals surface area contributed by atoms with Crippen LogP contribution in [0, 0.1) is 5.92 Å². The Balaban J connectivity index is 2.43. The van der Waals surface area contributed by atoms with E-state index in [-0.39, 0.29) is 6.03 Å². The highest BCUT2D eigenvalue weighted by Crippen LogP contribution is 2.22. The number of carbonyl (C=O) groups is 1. The average Bonchev–Trinajstić information content (AvgIpc) is 2.53. The zero-order valence-electron chi connectivity index (χ0n) is 11.0. The predicted molar refractivity (Wildman–Crippen MR) is 67.5 cm³/mol. The zero-order chi connectivity index (χ0) is 12.0. The van der Waals surface area contributed by atoms with E-state index in [0.717, 1.165) is 25.6 Å². The van der Waals surface area contributed by atoms with Crippen LogP contribution in [0.15, 0.2) is 0 Å². The van der Waals surface area contributed by atoms with E-state index in [9.17, 15) is 4.79 Å². The first kappa shape index (κ1) is 13.3. The van der Waals surface area contributed by atoms with Crippen molar-refractivity contribution in [3.8, 4) is 0 Å². The molecule has 0 aliphatic carbocycles. The third kappa shape index (κ3) is 3.69. The van der Waals surface area contributed by atoms with Gasteiger partial charge in [0.25, 0.3) is 0 Å². The van der Waals surface area contributed by atoms with Crippen LogP contribution in [-0.2, 0) is 0 Å². The molecule has 0 spiro atoms. The van der Waals surface area contributed by atoms with Gasteiger partial charge in [0, 0.05) is 26.7 Å². The van der Waals surface area contributed by atoms with Gasteiger partial charge in [0.1, 0.15) is 0 Å². The van der Waals surface area contributed by atoms with E-state index in [0.29, 0.717) is 0 Å². The Hall–Kier alpha value is -0.730. The first-order valence-corrected chi connectivity index (χ1v) is 6.69. The summed E-state index contributed by atoms with van der Waals surface area (Å²) in [6.07, 6.45) is 6.26. The van der Waals surface area contributed by atoms with Crippen LogP contribution in [0.3, 0.4) is 0 Å². The lowest BCUT2D eigenvalue weighted by Gasteiger charge is -2.26. The smallest absolute Gasteiger partial charge is 0.319 e. The minimum atomic E-state index is 0.208. The second kappa shape index (κ2) is 6.77. The fraction of sp³-hybridized carbons (Fsp3) is 0.923. The fourth-order valence-corrected chi connectivity index (χ4v) is 2.43. The second-order valence-corrected chi connectivity index (χ2v) is 4.87. The van der Waals surface area contributed by atoms with Crippen LogP contribution < -0.4 is 0 Å². The van der Waals surface area contributed by atoms with Gasteiger partial charge in [-0.1, -0.05) is 19.8 Å². The Morgan fingerprint density at radius 3 is 2.69 bits per heavy atom. The van der Waals surface area contributed by atoms with Gasteiger partial charge in [0.2, 0.25) is 0 Å². The number of rotatable bonds is 3. The Bertz CT molecular complexity index is 218. The van der Waals surface area contributed by atoms with Crippen molar-refractivity contribution in [1.29, 1.82) is 0 Å². The van der Waals surface area contributed by atoms with Gasteiger partial charge in [-0.15, -0.1) is 0 Å². The van der Waals surface area contributed by atoms with Crippen LogP contribution in [0.2, 0.25) is 0 Å². The third-order valence-electron chi connectivity index (χ3n) is 3.62. The van der Waals surface area contributed by atoms with Gasteiger partial charge >= 0.3 is 6.03 Å². The number of hydrogen-bond acceptors (Lipinski definition) is 1. The highest BCUT2D eigenvalue weighted by atomic mass is 16.2. The second-order valence-electron chi connectivity index (χ2n) is 4.87. The quantitative estimate of drug-likeness (QED) is 0.725. The van der Waals surface area contributed by atoms with Crippen LogP contribution >= 0.6 is 0 Å². The molecular formula is C13H26N2O. The molecule has 0 aromatic rings. The molecule has 16 heavy (non-hydrogen) atoms. The molecule has 1 atom stereocenters. The molecule has 2 amide bonds. The lowest BCUT2D eigenvalue weighted by atomic mass is 9.96. The average molecular weight is 226 g/mol. The van der Waals surface area contributed by atoms with Gasteiger partial charge in [-0.25, -0.2) is 4.79 Å². The molecule has 1 aliphatic rings. The summed E-state index contributed by atoms with van der Waals surface area (Å²) in [5.41, 5.74) is 0. The number of carbonyl (C=O) groups excluding carboxylic acids is 1. The van der Waals surface area contributed by atoms with Gasteiger partial charge in [0.15, 0.2) is 0 Å². The summed E-state index contributed by atoms with van der Waals surface area (Å²) in [7, 11) is 1.89. The molecule has 0 radical (unpaired) electrons. The molecule has 1 saturated heterocycles. The standard InChI is InChI=1S/C13H26N2O/c1-4-7-12-8-6-10-15(11-9-12)13(16)14(3)5-2/h12H,4-11H2,1-3H3. The van der Waals surface area contributed by atoms with E-state index in [1.165, 1.54) is 32.1 Å². The number of nitrogens with zero attached hydrogens (tertiary/aromatic N) is 2. The summed E-state index contributed by atoms with van der Waals surface area (Å²) in [4.78, 5) is 15.8. The molecule has 0 aromatic carbocycles. The van der Waals surface area contributed by atoms with E-state index >= 15 is 0 Å². The van der Waals surface area contributed by atoms with Gasteiger partial charge in [-0.3, -0.25) is 0 Å². The Morgan fingerprint density at radius 1 is 1.31 bits per heavy atom. The molecular weight excluding hydrogens is 200 g/mol. The maximum atomic E-state index is 12.0. The Labute approximate surface area is 99.8 Å². The van der Waals surface area contributed by atoms with E-state index in [1.807, 2.05) is 18.9 Å². The SMILES string of the molecule is CCCC1CCCN(C(=O)N(C)CC)CC1. The van der Waals surface area contributed by atoms with Crippen LogP contribution in [0.4, 0.5) is 4.79 Å². The number of urea groups is 1. The topological polar surface area (TPSA) is 23.6 Å². The van der Waals surface area contributed by atoms with Crippen LogP contribution in [0.5, 0.6) is 0 Å². The molecule has 3 nitrogen and oxygen atoms in total. The van der Waals surface area contributed by atoms with Crippen molar-refractivity contribution < 1.29 is 4.79 Å². The molecule has 1 rings (SSSR count). The summed E-state index contributed by atoms with van der Waals surface area (Å²) in [6.45, 7) is 6.97. The van der Waals surface area contributed by atoms with Gasteiger partial charge in [0.05, 0.1) is 0 Å². The van der Waals surface area contributed by atoms with Crippen molar-refractivity contribution in [2.24, 2.45) is 5.92 Å². The van der Waals surface area contributed by atoms with Crippen molar-refractivity contribution >= 4 is 6.03 Å². The number of likely N-dealkylation sites (tertiary alicyclic amines) is 1. The number of hydrogen-bond donors (Lipinski definition) is 0. The van der Waals surface area contributed by atoms with Crippen molar-refractivity contribution in [3.05, 3.63) is 0 Å². The molecule has 0 bridgehead atoms. The highest BCUT2D eigenvalue weighted by molar-refractivity contribution is 5.74. The Kier molecular flexibility index (Phi) is 5.64. The molecule has 1 unspecified atom stereocenters. The molecule has 0 aromatic heterocycles. The lowest BCUT2D eigenvalue weighted by molar-refractivity contribution is 0.166. The van der Waals surface area contributed by atoms with Crippen LogP contribution in [0.25, 0.3) is 0 Å². The maximum absolute atomic E-state index is 12.0. The largest absolute Gasteiger partial charge is 0.328 e. The van der Waals surface area contributed by atoms with Crippen molar-refractivity contribution in [1.82, 2.24) is 9.80 Å². The fourth-order valence-electron chi connectivity index (χ4n) is 2.43. The molecule has 1 heterocycles. The molecule has 1 aliphatic heterocycles. The highest BCUT2D eigenvalue weighted by Gasteiger charge is 2.21. The first-order valence-electron chi connectivity index (χ1n) is 6.69. The molecule has 0 N–H and O–H groups in total. The van der Waals surface area contributed by atoms with Crippen molar-refractivity contribution in [2.45, 2.75) is 46.0 Å². The lowest BCUT2D eigenvalue weighted by Crippen LogP contribution is -2.41. The summed E-state index contributed by atoms with van der Waals surface area (Å²) < 4.78 is 0. The van der Waals surface area contributed by atoms with E-state index in [1.54, 1.807) is 4.90 Å². The minimum absolute atomic E-state index is 0.208. The molecule has 0 saturated carbocycles. The van der Waals surface area contributed by atoms with Crippen LogP contribution in [-0.4, -0.2) is 42.5 Å². The predicted octanol–water partition coefficient (Wildman–Crippen LogP) is 2.96. The van der Waals surface area contributed by atoms with Crippen molar-refractivity contribution in [2.75, 3.05) is 26.7 Å². The van der Waals surface area contributed by atoms with Gasteiger partial charge < -0.3 is 9.80 Å². The van der Waals surface area contributed by atoms with Crippen molar-refractivity contribution in [3.63, 3.8) is 0 Å². The zero-order valence-corrected chi connectivity index (χ0v) is 11.0. The van der Waals surface area contributed by atoms with Crippen LogP contribution in [0.1, 0.15) is 46.0 Å².